The van der Waals surface area contributed by atoms with Gasteiger partial charge in [0.1, 0.15) is 5.82 Å². The molecule has 3 N–H and O–H groups in total. The van der Waals surface area contributed by atoms with Crippen molar-refractivity contribution < 1.29 is 4.79 Å². The first-order valence-electron chi connectivity index (χ1n) is 12.6. The van der Waals surface area contributed by atoms with Gasteiger partial charge in [-0.25, -0.2) is 4.98 Å². The van der Waals surface area contributed by atoms with Crippen LogP contribution in [0, 0.1) is 5.92 Å². The summed E-state index contributed by atoms with van der Waals surface area (Å²) >= 11 is 0. The first-order valence-corrected chi connectivity index (χ1v) is 12.6. The number of carbonyl (C=O) groups excluding carboxylic acids is 1. The molecule has 0 spiro atoms. The Hall–Kier alpha value is -3.25. The van der Waals surface area contributed by atoms with E-state index in [0.717, 1.165) is 36.7 Å². The molecule has 0 radical (unpaired) electrons. The second-order valence-corrected chi connectivity index (χ2v) is 10.4. The maximum absolute atomic E-state index is 13.2. The van der Waals surface area contributed by atoms with E-state index in [1.165, 1.54) is 30.4 Å². The largest absolute Gasteiger partial charge is 0.365 e. The van der Waals surface area contributed by atoms with Crippen LogP contribution in [0.4, 0.5) is 11.5 Å². The highest BCUT2D eigenvalue weighted by atomic mass is 16.1. The van der Waals surface area contributed by atoms with Gasteiger partial charge in [0.25, 0.3) is 5.91 Å². The number of hydrogen-bond donors (Lipinski definition) is 3. The predicted molar refractivity (Wildman–Crippen MR) is 143 cm³/mol. The van der Waals surface area contributed by atoms with Crippen LogP contribution in [-0.2, 0) is 18.4 Å². The Morgan fingerprint density at radius 3 is 2.69 bits per heavy atom. The van der Waals surface area contributed by atoms with Gasteiger partial charge < -0.3 is 16.0 Å². The molecule has 35 heavy (non-hydrogen) atoms. The van der Waals surface area contributed by atoms with Crippen LogP contribution in [0.1, 0.15) is 67.1 Å². The molecule has 2 aromatic heterocycles. The van der Waals surface area contributed by atoms with Crippen molar-refractivity contribution in [3.63, 3.8) is 0 Å². The van der Waals surface area contributed by atoms with Crippen LogP contribution in [-0.4, -0.2) is 29.0 Å². The number of pyridine rings is 2. The molecule has 4 rings (SSSR count). The maximum atomic E-state index is 13.2. The van der Waals surface area contributed by atoms with E-state index in [2.05, 4.69) is 58.8 Å². The van der Waals surface area contributed by atoms with E-state index in [4.69, 9.17) is 0 Å². The summed E-state index contributed by atoms with van der Waals surface area (Å²) in [6.45, 7) is 9.61. The van der Waals surface area contributed by atoms with E-state index in [-0.39, 0.29) is 11.3 Å². The summed E-state index contributed by atoms with van der Waals surface area (Å²) in [5.74, 6) is 1.19. The van der Waals surface area contributed by atoms with Gasteiger partial charge in [-0.2, -0.15) is 0 Å². The van der Waals surface area contributed by atoms with Gasteiger partial charge in [0.2, 0.25) is 0 Å². The van der Waals surface area contributed by atoms with Crippen LogP contribution in [0.3, 0.4) is 0 Å². The molecule has 1 amide bonds. The standard InChI is InChI=1S/C29H37N5O/c1-29(2,3)26-10-9-24(18-23(26)7-4-6-21-13-17-31-19-21)34-28(35)25-8-5-14-32-27(25)33-20-22-11-15-30-16-12-22/h5,8-12,14-16,18,21,31H,4,6-7,13,17,19-20H2,1-3H3,(H,32,33)(H,34,35). The van der Waals surface area contributed by atoms with Crippen LogP contribution in [0.15, 0.2) is 61.1 Å². The van der Waals surface area contributed by atoms with Crippen molar-refractivity contribution in [3.05, 3.63) is 83.3 Å². The molecule has 1 atom stereocenters. The molecular weight excluding hydrogens is 434 g/mol. The number of nitrogens with one attached hydrogen (secondary N) is 3. The molecule has 3 heterocycles. The number of carbonyl (C=O) groups is 1. The summed E-state index contributed by atoms with van der Waals surface area (Å²) in [5, 5.41) is 9.86. The van der Waals surface area contributed by atoms with Gasteiger partial charge in [-0.3, -0.25) is 9.78 Å². The lowest BCUT2D eigenvalue weighted by atomic mass is 9.82. The van der Waals surface area contributed by atoms with Crippen LogP contribution in [0.25, 0.3) is 0 Å². The Morgan fingerprint density at radius 1 is 1.11 bits per heavy atom. The van der Waals surface area contributed by atoms with E-state index in [9.17, 15) is 4.79 Å². The van der Waals surface area contributed by atoms with Crippen molar-refractivity contribution >= 4 is 17.4 Å². The molecule has 0 saturated carbocycles. The van der Waals surface area contributed by atoms with Crippen molar-refractivity contribution in [3.8, 4) is 0 Å². The summed E-state index contributed by atoms with van der Waals surface area (Å²) in [7, 11) is 0. The second kappa shape index (κ2) is 11.5. The molecule has 1 aromatic carbocycles. The van der Waals surface area contributed by atoms with Crippen molar-refractivity contribution in [1.82, 2.24) is 15.3 Å². The summed E-state index contributed by atoms with van der Waals surface area (Å²) < 4.78 is 0. The number of amides is 1. The number of rotatable bonds is 9. The highest BCUT2D eigenvalue weighted by molar-refractivity contribution is 6.07. The SMILES string of the molecule is CC(C)(C)c1ccc(NC(=O)c2cccnc2NCc2ccncc2)cc1CCCC1CCNC1. The fraction of sp³-hybridized carbons (Fsp3) is 0.414. The third-order valence-electron chi connectivity index (χ3n) is 6.65. The quantitative estimate of drug-likeness (QED) is 0.380. The average molecular weight is 472 g/mol. The van der Waals surface area contributed by atoms with E-state index in [1.807, 2.05) is 18.2 Å². The molecule has 1 unspecified atom stereocenters. The lowest BCUT2D eigenvalue weighted by molar-refractivity contribution is 0.102. The van der Waals surface area contributed by atoms with Crippen LogP contribution in [0.5, 0.6) is 0 Å². The summed E-state index contributed by atoms with van der Waals surface area (Å²) in [4.78, 5) is 21.7. The zero-order valence-corrected chi connectivity index (χ0v) is 21.1. The highest BCUT2D eigenvalue weighted by Gasteiger charge is 2.20. The predicted octanol–water partition coefficient (Wildman–Crippen LogP) is 5.57. The average Bonchev–Trinajstić information content (AvgIpc) is 3.36. The topological polar surface area (TPSA) is 78.9 Å². The van der Waals surface area contributed by atoms with Crippen LogP contribution >= 0.6 is 0 Å². The zero-order valence-electron chi connectivity index (χ0n) is 21.1. The van der Waals surface area contributed by atoms with Gasteiger partial charge in [0.05, 0.1) is 5.56 Å². The first-order chi connectivity index (χ1) is 16.9. The number of hydrogen-bond acceptors (Lipinski definition) is 5. The third-order valence-corrected chi connectivity index (χ3v) is 6.65. The first kappa shape index (κ1) is 24.9. The number of benzene rings is 1. The number of anilines is 2. The number of aryl methyl sites for hydroxylation is 1. The van der Waals surface area contributed by atoms with Gasteiger partial charge in [-0.05, 0) is 103 Å². The minimum Gasteiger partial charge on any atom is -0.365 e. The van der Waals surface area contributed by atoms with Crippen LogP contribution in [0.2, 0.25) is 0 Å². The van der Waals surface area contributed by atoms with Gasteiger partial charge >= 0.3 is 0 Å². The van der Waals surface area contributed by atoms with Crippen molar-refractivity contribution in [2.24, 2.45) is 5.92 Å². The fourth-order valence-corrected chi connectivity index (χ4v) is 4.77. The fourth-order valence-electron chi connectivity index (χ4n) is 4.77. The van der Waals surface area contributed by atoms with E-state index in [1.54, 1.807) is 30.7 Å². The summed E-state index contributed by atoms with van der Waals surface area (Å²) in [6.07, 6.45) is 9.93. The van der Waals surface area contributed by atoms with Gasteiger partial charge in [0.15, 0.2) is 0 Å². The Kier molecular flexibility index (Phi) is 8.13. The second-order valence-electron chi connectivity index (χ2n) is 10.4. The molecule has 6 nitrogen and oxygen atoms in total. The van der Waals surface area contributed by atoms with Gasteiger partial charge in [-0.15, -0.1) is 0 Å². The molecule has 1 aliphatic rings. The molecule has 3 aromatic rings. The zero-order chi connectivity index (χ0) is 24.7. The number of aromatic nitrogens is 2. The maximum Gasteiger partial charge on any atom is 0.259 e. The summed E-state index contributed by atoms with van der Waals surface area (Å²) in [5.41, 5.74) is 5.15. The Balaban J connectivity index is 1.46. The van der Waals surface area contributed by atoms with Crippen molar-refractivity contribution in [2.75, 3.05) is 23.7 Å². The monoisotopic (exact) mass is 471 g/mol. The summed E-state index contributed by atoms with van der Waals surface area (Å²) in [6, 6.07) is 13.8. The van der Waals surface area contributed by atoms with E-state index < -0.39 is 0 Å². The Labute approximate surface area is 209 Å². The van der Waals surface area contributed by atoms with Crippen LogP contribution < -0.4 is 16.0 Å². The molecular formula is C29H37N5O. The molecule has 6 heteroatoms. The highest BCUT2D eigenvalue weighted by Crippen LogP contribution is 2.30. The van der Waals surface area contributed by atoms with Gasteiger partial charge in [0, 0.05) is 30.8 Å². The minimum atomic E-state index is -0.165. The molecule has 0 bridgehead atoms. The molecule has 0 aliphatic carbocycles. The van der Waals surface area contributed by atoms with Crippen molar-refractivity contribution in [1.29, 1.82) is 0 Å². The smallest absolute Gasteiger partial charge is 0.259 e. The van der Waals surface area contributed by atoms with E-state index >= 15 is 0 Å². The Morgan fingerprint density at radius 2 is 1.94 bits per heavy atom. The molecule has 1 saturated heterocycles. The third kappa shape index (κ3) is 6.89. The van der Waals surface area contributed by atoms with Crippen molar-refractivity contribution in [2.45, 2.75) is 58.4 Å². The lowest BCUT2D eigenvalue weighted by Gasteiger charge is -2.24. The Bertz CT molecular complexity index is 1120. The number of nitrogens with zero attached hydrogens (tertiary/aromatic N) is 2. The lowest BCUT2D eigenvalue weighted by Crippen LogP contribution is -2.18. The minimum absolute atomic E-state index is 0.0557. The van der Waals surface area contributed by atoms with E-state index in [0.29, 0.717) is 17.9 Å². The normalized spacial score (nSPS) is 15.7. The van der Waals surface area contributed by atoms with Gasteiger partial charge in [-0.1, -0.05) is 26.8 Å². The molecule has 1 aliphatic heterocycles. The molecule has 1 fully saturated rings. The molecule has 184 valence electrons.